The van der Waals surface area contributed by atoms with Crippen LogP contribution in [0.5, 0.6) is 0 Å². The Balaban J connectivity index is 3.37. The summed E-state index contributed by atoms with van der Waals surface area (Å²) in [6.45, 7) is 0. The van der Waals surface area contributed by atoms with E-state index in [1.54, 1.807) is 0 Å². The molecule has 0 spiro atoms. The Labute approximate surface area is 79.3 Å². The van der Waals surface area contributed by atoms with Crippen LogP contribution in [0.2, 0.25) is 0 Å². The van der Waals surface area contributed by atoms with Crippen molar-refractivity contribution in [3.05, 3.63) is 34.9 Å². The van der Waals surface area contributed by atoms with Crippen LogP contribution in [0, 0.1) is 11.6 Å². The fourth-order valence-corrected chi connectivity index (χ4v) is 0.950. The van der Waals surface area contributed by atoms with Gasteiger partial charge in [0.2, 0.25) is 0 Å². The van der Waals surface area contributed by atoms with Crippen molar-refractivity contribution >= 4 is 0 Å². The molecule has 0 aliphatic carbocycles. The SMILES string of the molecule is Fc1cc(F)c(C(F)(F)F)cc1C(F)F. The van der Waals surface area contributed by atoms with Crippen LogP contribution >= 0.6 is 0 Å². The predicted molar refractivity (Wildman–Crippen MR) is 36.3 cm³/mol. The second-order valence-electron chi connectivity index (χ2n) is 2.65. The number of hydrogen-bond acceptors (Lipinski definition) is 0. The van der Waals surface area contributed by atoms with Crippen molar-refractivity contribution in [2.24, 2.45) is 0 Å². The monoisotopic (exact) mass is 232 g/mol. The van der Waals surface area contributed by atoms with Crippen LogP contribution in [0.4, 0.5) is 30.7 Å². The number of halogens is 7. The fourth-order valence-electron chi connectivity index (χ4n) is 0.950. The van der Waals surface area contributed by atoms with Crippen LogP contribution in [-0.4, -0.2) is 0 Å². The first-order valence-corrected chi connectivity index (χ1v) is 3.57. The summed E-state index contributed by atoms with van der Waals surface area (Å²) in [4.78, 5) is 0. The highest BCUT2D eigenvalue weighted by Gasteiger charge is 2.35. The molecule has 0 bridgehead atoms. The van der Waals surface area contributed by atoms with Crippen LogP contribution in [0.1, 0.15) is 17.6 Å². The van der Waals surface area contributed by atoms with E-state index in [1.165, 1.54) is 0 Å². The minimum atomic E-state index is -5.12. The van der Waals surface area contributed by atoms with E-state index >= 15 is 0 Å². The Morgan fingerprint density at radius 3 is 1.87 bits per heavy atom. The Kier molecular flexibility index (Phi) is 2.92. The quantitative estimate of drug-likeness (QED) is 0.643. The summed E-state index contributed by atoms with van der Waals surface area (Å²) in [6.07, 6.45) is -8.55. The van der Waals surface area contributed by atoms with Crippen LogP contribution in [0.3, 0.4) is 0 Å². The third-order valence-electron chi connectivity index (χ3n) is 1.63. The topological polar surface area (TPSA) is 0 Å². The van der Waals surface area contributed by atoms with Gasteiger partial charge in [-0.05, 0) is 6.07 Å². The molecule has 0 atom stereocenters. The van der Waals surface area contributed by atoms with Gasteiger partial charge in [0.15, 0.2) is 0 Å². The first-order valence-electron chi connectivity index (χ1n) is 3.57. The lowest BCUT2D eigenvalue weighted by molar-refractivity contribution is -0.140. The van der Waals surface area contributed by atoms with Crippen molar-refractivity contribution < 1.29 is 30.7 Å². The van der Waals surface area contributed by atoms with Crippen LogP contribution in [-0.2, 0) is 6.18 Å². The van der Waals surface area contributed by atoms with E-state index in [2.05, 4.69) is 0 Å². The van der Waals surface area contributed by atoms with E-state index in [9.17, 15) is 30.7 Å². The first kappa shape index (κ1) is 11.8. The molecule has 7 heteroatoms. The minimum Gasteiger partial charge on any atom is -0.206 e. The molecule has 0 nitrogen and oxygen atoms in total. The lowest BCUT2D eigenvalue weighted by Gasteiger charge is -2.10. The average molecular weight is 232 g/mol. The molecule has 0 radical (unpaired) electrons. The standard InChI is InChI=1S/C8H3F7/c9-5-2-6(10)4(8(13,14)15)1-3(5)7(11)12/h1-2,7H. The van der Waals surface area contributed by atoms with Crippen molar-refractivity contribution in [2.45, 2.75) is 12.6 Å². The van der Waals surface area contributed by atoms with Crippen molar-refractivity contribution in [2.75, 3.05) is 0 Å². The first-order chi connectivity index (χ1) is 6.73. The van der Waals surface area contributed by atoms with Gasteiger partial charge in [-0.25, -0.2) is 17.6 Å². The van der Waals surface area contributed by atoms with Crippen LogP contribution in [0.15, 0.2) is 12.1 Å². The van der Waals surface area contributed by atoms with Gasteiger partial charge in [-0.2, -0.15) is 13.2 Å². The van der Waals surface area contributed by atoms with E-state index < -0.39 is 35.4 Å². The van der Waals surface area contributed by atoms with E-state index in [0.29, 0.717) is 0 Å². The maximum atomic E-state index is 12.6. The van der Waals surface area contributed by atoms with Gasteiger partial charge in [0, 0.05) is 6.07 Å². The van der Waals surface area contributed by atoms with Gasteiger partial charge in [0.1, 0.15) is 11.6 Å². The smallest absolute Gasteiger partial charge is 0.206 e. The summed E-state index contributed by atoms with van der Waals surface area (Å²) in [7, 11) is 0. The largest absolute Gasteiger partial charge is 0.419 e. The van der Waals surface area contributed by atoms with Crippen molar-refractivity contribution in [1.82, 2.24) is 0 Å². The van der Waals surface area contributed by atoms with Crippen molar-refractivity contribution in [3.63, 3.8) is 0 Å². The Morgan fingerprint density at radius 1 is 0.933 bits per heavy atom. The lowest BCUT2D eigenvalue weighted by Crippen LogP contribution is -2.10. The molecular formula is C8H3F7. The van der Waals surface area contributed by atoms with Gasteiger partial charge in [-0.1, -0.05) is 0 Å². The molecule has 0 N–H and O–H groups in total. The Hall–Kier alpha value is -1.27. The molecule has 0 saturated carbocycles. The maximum Gasteiger partial charge on any atom is 0.419 e. The summed E-state index contributed by atoms with van der Waals surface area (Å²) in [5, 5.41) is 0. The summed E-state index contributed by atoms with van der Waals surface area (Å²) in [5.74, 6) is -3.61. The second-order valence-corrected chi connectivity index (χ2v) is 2.65. The van der Waals surface area contributed by atoms with Gasteiger partial charge in [-0.15, -0.1) is 0 Å². The third kappa shape index (κ3) is 2.40. The molecule has 0 saturated heterocycles. The Morgan fingerprint density at radius 2 is 1.47 bits per heavy atom. The molecule has 0 unspecified atom stereocenters. The molecule has 0 fully saturated rings. The number of rotatable bonds is 1. The molecule has 1 aromatic rings. The highest BCUT2D eigenvalue weighted by molar-refractivity contribution is 5.29. The molecule has 15 heavy (non-hydrogen) atoms. The van der Waals surface area contributed by atoms with Gasteiger partial charge < -0.3 is 0 Å². The molecular weight excluding hydrogens is 229 g/mol. The number of hydrogen-bond donors (Lipinski definition) is 0. The molecule has 0 aromatic heterocycles. The van der Waals surface area contributed by atoms with Crippen LogP contribution in [0.25, 0.3) is 0 Å². The zero-order valence-corrected chi connectivity index (χ0v) is 6.88. The van der Waals surface area contributed by atoms with Gasteiger partial charge in [-0.3, -0.25) is 0 Å². The number of benzene rings is 1. The van der Waals surface area contributed by atoms with E-state index in [4.69, 9.17) is 0 Å². The highest BCUT2D eigenvalue weighted by Crippen LogP contribution is 2.34. The van der Waals surface area contributed by atoms with E-state index in [1.807, 2.05) is 0 Å². The molecule has 1 aromatic carbocycles. The number of alkyl halides is 5. The molecule has 0 heterocycles. The van der Waals surface area contributed by atoms with Gasteiger partial charge in [0.25, 0.3) is 6.43 Å². The normalized spacial score (nSPS) is 12.3. The zero-order chi connectivity index (χ0) is 11.8. The summed E-state index contributed by atoms with van der Waals surface area (Å²) < 4.78 is 85.2. The minimum absolute atomic E-state index is 0.204. The van der Waals surface area contributed by atoms with Crippen molar-refractivity contribution in [1.29, 1.82) is 0 Å². The Bertz CT molecular complexity index is 366. The third-order valence-corrected chi connectivity index (χ3v) is 1.63. The zero-order valence-electron chi connectivity index (χ0n) is 6.88. The van der Waals surface area contributed by atoms with Gasteiger partial charge >= 0.3 is 6.18 Å². The maximum absolute atomic E-state index is 12.6. The predicted octanol–water partition coefficient (Wildman–Crippen LogP) is 3.92. The molecule has 0 aliphatic rings. The molecule has 0 aliphatic heterocycles. The summed E-state index contributed by atoms with van der Waals surface area (Å²) >= 11 is 0. The lowest BCUT2D eigenvalue weighted by atomic mass is 10.1. The van der Waals surface area contributed by atoms with Crippen molar-refractivity contribution in [3.8, 4) is 0 Å². The summed E-state index contributed by atoms with van der Waals surface area (Å²) in [5.41, 5.74) is -3.37. The summed E-state index contributed by atoms with van der Waals surface area (Å²) in [6, 6.07) is -0.431. The average Bonchev–Trinajstić information content (AvgIpc) is 2.00. The molecule has 1 rings (SSSR count). The van der Waals surface area contributed by atoms with Gasteiger partial charge in [0.05, 0.1) is 11.1 Å². The fraction of sp³-hybridized carbons (Fsp3) is 0.250. The van der Waals surface area contributed by atoms with Crippen LogP contribution < -0.4 is 0 Å². The van der Waals surface area contributed by atoms with E-state index in [0.717, 1.165) is 0 Å². The molecule has 0 amide bonds. The van der Waals surface area contributed by atoms with E-state index in [-0.39, 0.29) is 12.1 Å². The molecule has 84 valence electrons. The highest BCUT2D eigenvalue weighted by atomic mass is 19.4. The second kappa shape index (κ2) is 3.71.